The molecule has 0 aliphatic carbocycles. The second kappa shape index (κ2) is 10.3. The van der Waals surface area contributed by atoms with Crippen LogP contribution in [0.2, 0.25) is 0 Å². The van der Waals surface area contributed by atoms with Gasteiger partial charge in [0.05, 0.1) is 6.61 Å². The van der Waals surface area contributed by atoms with Crippen molar-refractivity contribution in [2.24, 2.45) is 0 Å². The number of carbonyl (C=O) groups excluding carboxylic acids is 2. The fourth-order valence-corrected chi connectivity index (χ4v) is 1.25. The first-order valence-electron chi connectivity index (χ1n) is 5.35. The van der Waals surface area contributed by atoms with Gasteiger partial charge in [0.25, 0.3) is 0 Å². The summed E-state index contributed by atoms with van der Waals surface area (Å²) in [4.78, 5) is 21.2. The Morgan fingerprint density at radius 2 is 2.19 bits per heavy atom. The van der Waals surface area contributed by atoms with Gasteiger partial charge in [0.2, 0.25) is 5.91 Å². The Bertz CT molecular complexity index is 218. The summed E-state index contributed by atoms with van der Waals surface area (Å²) in [5.41, 5.74) is 1.57. The highest BCUT2D eigenvalue weighted by Crippen LogP contribution is 2.07. The number of amides is 1. The van der Waals surface area contributed by atoms with Crippen LogP contribution in [-0.2, 0) is 14.3 Å². The number of carbonyl (C=O) groups is 2. The van der Waals surface area contributed by atoms with Gasteiger partial charge < -0.3 is 9.53 Å². The minimum atomic E-state index is -0.385. The highest BCUT2D eigenvalue weighted by Gasteiger charge is 2.06. The van der Waals surface area contributed by atoms with Gasteiger partial charge in [-0.25, -0.2) is 5.48 Å². The number of hydroxylamine groups is 1. The molecule has 0 aromatic rings. The molecule has 0 aliphatic rings. The fraction of sp³-hybridized carbons (Fsp3) is 0.636. The maximum absolute atomic E-state index is 10.7. The third-order valence-electron chi connectivity index (χ3n) is 2.10. The van der Waals surface area contributed by atoms with Crippen LogP contribution in [0.25, 0.3) is 0 Å². The molecule has 5 heteroatoms. The van der Waals surface area contributed by atoms with E-state index in [2.05, 4.69) is 6.58 Å². The Morgan fingerprint density at radius 1 is 1.44 bits per heavy atom. The molecule has 0 spiro atoms. The van der Waals surface area contributed by atoms with Crippen molar-refractivity contribution in [3.63, 3.8) is 0 Å². The number of hydrogen-bond donors (Lipinski definition) is 2. The van der Waals surface area contributed by atoms with Crippen LogP contribution in [0.5, 0.6) is 0 Å². The van der Waals surface area contributed by atoms with E-state index in [1.165, 1.54) is 0 Å². The van der Waals surface area contributed by atoms with Crippen molar-refractivity contribution >= 4 is 12.2 Å². The molecule has 1 atom stereocenters. The molecule has 2 N–H and O–H groups in total. The van der Waals surface area contributed by atoms with Crippen molar-refractivity contribution in [1.29, 1.82) is 0 Å². The number of ether oxygens (including phenoxy) is 1. The third-order valence-corrected chi connectivity index (χ3v) is 2.10. The van der Waals surface area contributed by atoms with Crippen LogP contribution in [0, 0.1) is 0 Å². The summed E-state index contributed by atoms with van der Waals surface area (Å²) in [5, 5.41) is 8.24. The molecule has 0 fully saturated rings. The summed E-state index contributed by atoms with van der Waals surface area (Å²) in [6.07, 6.45) is 5.29. The molecule has 0 radical (unpaired) electrons. The zero-order chi connectivity index (χ0) is 12.2. The van der Waals surface area contributed by atoms with Gasteiger partial charge in [0, 0.05) is 6.42 Å². The predicted octanol–water partition coefficient (Wildman–Crippen LogP) is 1.21. The molecule has 0 saturated heterocycles. The molecule has 0 heterocycles. The zero-order valence-corrected chi connectivity index (χ0v) is 9.35. The average Bonchev–Trinajstić information content (AvgIpc) is 2.32. The van der Waals surface area contributed by atoms with Crippen LogP contribution in [0.4, 0.5) is 0 Å². The summed E-state index contributed by atoms with van der Waals surface area (Å²) >= 11 is 0. The Morgan fingerprint density at radius 3 is 2.75 bits per heavy atom. The Kier molecular flexibility index (Phi) is 9.55. The maximum atomic E-state index is 10.7. The lowest BCUT2D eigenvalue weighted by Gasteiger charge is -2.09. The highest BCUT2D eigenvalue weighted by molar-refractivity contribution is 5.74. The van der Waals surface area contributed by atoms with E-state index in [9.17, 15) is 9.59 Å². The van der Waals surface area contributed by atoms with E-state index in [4.69, 9.17) is 9.94 Å². The van der Waals surface area contributed by atoms with Gasteiger partial charge in [-0.05, 0) is 12.8 Å². The predicted molar refractivity (Wildman–Crippen MR) is 59.0 cm³/mol. The van der Waals surface area contributed by atoms with Crippen molar-refractivity contribution in [3.8, 4) is 0 Å². The molecule has 16 heavy (non-hydrogen) atoms. The van der Waals surface area contributed by atoms with Gasteiger partial charge in [-0.1, -0.05) is 18.9 Å². The van der Waals surface area contributed by atoms with Crippen LogP contribution in [0.3, 0.4) is 0 Å². The van der Waals surface area contributed by atoms with E-state index in [-0.39, 0.29) is 12.0 Å². The van der Waals surface area contributed by atoms with Crippen molar-refractivity contribution < 1.29 is 19.5 Å². The lowest BCUT2D eigenvalue weighted by atomic mass is 10.1. The van der Waals surface area contributed by atoms with E-state index in [0.717, 1.165) is 19.1 Å². The zero-order valence-electron chi connectivity index (χ0n) is 9.35. The van der Waals surface area contributed by atoms with E-state index >= 15 is 0 Å². The lowest BCUT2D eigenvalue weighted by Crippen LogP contribution is -2.18. The quantitative estimate of drug-likeness (QED) is 0.194. The van der Waals surface area contributed by atoms with Crippen LogP contribution in [-0.4, -0.2) is 30.1 Å². The fourth-order valence-electron chi connectivity index (χ4n) is 1.25. The minimum absolute atomic E-state index is 0.301. The summed E-state index contributed by atoms with van der Waals surface area (Å²) in [6.45, 7) is 3.87. The van der Waals surface area contributed by atoms with Crippen molar-refractivity contribution in [1.82, 2.24) is 5.48 Å². The minimum Gasteiger partial charge on any atom is -0.367 e. The van der Waals surface area contributed by atoms with Crippen LogP contribution in [0.15, 0.2) is 12.7 Å². The van der Waals surface area contributed by atoms with E-state index < -0.39 is 0 Å². The van der Waals surface area contributed by atoms with Gasteiger partial charge in [-0.2, -0.15) is 0 Å². The number of rotatable bonds is 10. The first kappa shape index (κ1) is 14.8. The molecule has 0 aliphatic heterocycles. The SMILES string of the molecule is C=CCOC(C=O)CCCCCC(=O)NO. The molecule has 0 rings (SSSR count). The molecule has 1 amide bonds. The van der Waals surface area contributed by atoms with Gasteiger partial charge in [-0.15, -0.1) is 6.58 Å². The third kappa shape index (κ3) is 8.14. The van der Waals surface area contributed by atoms with Crippen molar-refractivity contribution in [2.75, 3.05) is 6.61 Å². The number of nitrogens with one attached hydrogen (secondary N) is 1. The molecule has 5 nitrogen and oxygen atoms in total. The smallest absolute Gasteiger partial charge is 0.243 e. The molecule has 0 aromatic heterocycles. The maximum Gasteiger partial charge on any atom is 0.243 e. The summed E-state index contributed by atoms with van der Waals surface area (Å²) in [6, 6.07) is 0. The standard InChI is InChI=1S/C11H19NO4/c1-2-8-16-10(9-13)6-4-3-5-7-11(14)12-15/h2,9-10,15H,1,3-8H2,(H,12,14). The normalized spacial score (nSPS) is 11.8. The monoisotopic (exact) mass is 229 g/mol. The summed E-state index contributed by atoms with van der Waals surface area (Å²) < 4.78 is 5.18. The highest BCUT2D eigenvalue weighted by atomic mass is 16.5. The van der Waals surface area contributed by atoms with E-state index in [1.807, 2.05) is 0 Å². The van der Waals surface area contributed by atoms with Crippen molar-refractivity contribution in [2.45, 2.75) is 38.2 Å². The second-order valence-electron chi connectivity index (χ2n) is 3.43. The summed E-state index contributed by atoms with van der Waals surface area (Å²) in [5.74, 6) is -0.380. The topological polar surface area (TPSA) is 75.6 Å². The molecular formula is C11H19NO4. The lowest BCUT2D eigenvalue weighted by molar-refractivity contribution is -0.129. The van der Waals surface area contributed by atoms with Gasteiger partial charge in [0.15, 0.2) is 0 Å². The number of hydrogen-bond acceptors (Lipinski definition) is 4. The Balaban J connectivity index is 3.44. The molecule has 0 aromatic carbocycles. The van der Waals surface area contributed by atoms with Gasteiger partial charge >= 0.3 is 0 Å². The Hall–Kier alpha value is -1.20. The molecule has 0 saturated carbocycles. The molecular weight excluding hydrogens is 210 g/mol. The van der Waals surface area contributed by atoms with E-state index in [0.29, 0.717) is 25.9 Å². The second-order valence-corrected chi connectivity index (χ2v) is 3.43. The first-order chi connectivity index (χ1) is 7.74. The van der Waals surface area contributed by atoms with E-state index in [1.54, 1.807) is 11.6 Å². The average molecular weight is 229 g/mol. The van der Waals surface area contributed by atoms with Crippen LogP contribution in [0.1, 0.15) is 32.1 Å². The van der Waals surface area contributed by atoms with Crippen LogP contribution >= 0.6 is 0 Å². The van der Waals surface area contributed by atoms with Crippen molar-refractivity contribution in [3.05, 3.63) is 12.7 Å². The molecule has 0 bridgehead atoms. The Labute approximate surface area is 95.4 Å². The number of unbranched alkanes of at least 4 members (excludes halogenated alkanes) is 2. The van der Waals surface area contributed by atoms with Crippen LogP contribution < -0.4 is 5.48 Å². The molecule has 1 unspecified atom stereocenters. The van der Waals surface area contributed by atoms with Gasteiger partial charge in [-0.3, -0.25) is 10.0 Å². The largest absolute Gasteiger partial charge is 0.367 e. The summed E-state index contributed by atoms with van der Waals surface area (Å²) in [7, 11) is 0. The van der Waals surface area contributed by atoms with Gasteiger partial charge in [0.1, 0.15) is 12.4 Å². The number of aldehydes is 1. The first-order valence-corrected chi connectivity index (χ1v) is 5.35. The molecule has 92 valence electrons.